The highest BCUT2D eigenvalue weighted by molar-refractivity contribution is 7.80. The molecule has 3 atom stereocenters. The van der Waals surface area contributed by atoms with Crippen molar-refractivity contribution in [3.05, 3.63) is 47.5 Å². The summed E-state index contributed by atoms with van der Waals surface area (Å²) >= 11 is 0.916. The van der Waals surface area contributed by atoms with Crippen LogP contribution in [-0.4, -0.2) is 98.3 Å². The molecule has 19 nitrogen and oxygen atoms in total. The molecule has 3 heterocycles. The SMILES string of the molecule is C[n+]1cc(-c2ccc(OC[C@H](O/N=C(\C(=O)N[C@@H]3C(=O)N(OS(=O)(=O)O)C3(C)C)c3csc(N)n3)C(=O)O)cc2F)cn1C[C@@H](O)CN. The number of rotatable bonds is 15. The zero-order chi connectivity index (χ0) is 35.6. The highest BCUT2D eigenvalue weighted by Gasteiger charge is 2.58. The molecule has 0 radical (unpaired) electrons. The van der Waals surface area contributed by atoms with Crippen LogP contribution in [0.25, 0.3) is 11.1 Å². The van der Waals surface area contributed by atoms with Crippen molar-refractivity contribution in [2.75, 3.05) is 18.9 Å². The number of nitrogens with zero attached hydrogens (tertiary/aromatic N) is 5. The Bertz CT molecular complexity index is 1850. The molecule has 1 aliphatic heterocycles. The van der Waals surface area contributed by atoms with Gasteiger partial charge in [-0.25, -0.2) is 14.2 Å². The lowest BCUT2D eigenvalue weighted by molar-refractivity contribution is -0.754. The number of aliphatic carboxylic acids is 1. The lowest BCUT2D eigenvalue weighted by Gasteiger charge is -2.50. The summed E-state index contributed by atoms with van der Waals surface area (Å²) in [4.78, 5) is 46.7. The molecule has 1 aliphatic rings. The minimum absolute atomic E-state index is 0.0142. The minimum Gasteiger partial charge on any atom is -0.489 e. The van der Waals surface area contributed by atoms with Crippen LogP contribution in [0.3, 0.4) is 0 Å². The number of carbonyl (C=O) groups is 3. The summed E-state index contributed by atoms with van der Waals surface area (Å²) in [7, 11) is -3.34. The number of β-lactam (4-membered cyclic amide) rings is 1. The van der Waals surface area contributed by atoms with Gasteiger partial charge >= 0.3 is 16.4 Å². The number of aliphatic hydroxyl groups excluding tert-OH is 1. The van der Waals surface area contributed by atoms with Gasteiger partial charge < -0.3 is 36.6 Å². The molecule has 22 heteroatoms. The van der Waals surface area contributed by atoms with Crippen LogP contribution in [-0.2, 0) is 47.5 Å². The number of aromatic nitrogens is 3. The van der Waals surface area contributed by atoms with E-state index < -0.39 is 70.1 Å². The molecule has 0 spiro atoms. The Balaban J connectivity index is 1.47. The van der Waals surface area contributed by atoms with Crippen LogP contribution in [0.4, 0.5) is 9.52 Å². The molecular weight excluding hydrogens is 683 g/mol. The number of thiazole rings is 1. The molecule has 2 amide bonds. The summed E-state index contributed by atoms with van der Waals surface area (Å²) in [5.41, 5.74) is 9.62. The van der Waals surface area contributed by atoms with Crippen molar-refractivity contribution in [3.8, 4) is 16.9 Å². The summed E-state index contributed by atoms with van der Waals surface area (Å²) in [5, 5.41) is 27.2. The third kappa shape index (κ3) is 8.21. The molecule has 260 valence electrons. The Morgan fingerprint density at radius 1 is 1.33 bits per heavy atom. The number of anilines is 1. The van der Waals surface area contributed by atoms with Crippen molar-refractivity contribution in [2.24, 2.45) is 17.9 Å². The molecule has 0 unspecified atom stereocenters. The van der Waals surface area contributed by atoms with Gasteiger partial charge in [-0.1, -0.05) is 5.16 Å². The molecule has 48 heavy (non-hydrogen) atoms. The Morgan fingerprint density at radius 3 is 2.60 bits per heavy atom. The standard InChI is InChI=1S/C26H31FN8O11S2/c1-26(2)21(23(38)35(26)46-48(41,42)43)31-22(37)20(18-12-47-25(29)30-18)32-45-19(24(39)40)11-44-15-4-5-16(17(27)6-15)13-8-33(3)34(9-13)10-14(36)7-28/h4-6,8-9,12,14,19,21,36H,7,10-11,28H2,1-3H3,(H4-,29,30,31,37,39,40,41,42,43)/p+1/b32-20-/t14-,19-,21+/m0/s1. The number of oxime groups is 1. The third-order valence-corrected chi connectivity index (χ3v) is 8.00. The van der Waals surface area contributed by atoms with Gasteiger partial charge in [0.2, 0.25) is 6.20 Å². The Labute approximate surface area is 276 Å². The number of halogens is 1. The fourth-order valence-corrected chi connectivity index (χ4v) is 5.45. The number of nitrogens with one attached hydrogen (secondary N) is 1. The third-order valence-electron chi connectivity index (χ3n) is 6.99. The first-order chi connectivity index (χ1) is 22.4. The van der Waals surface area contributed by atoms with Crippen molar-refractivity contribution in [2.45, 2.75) is 44.2 Å². The number of ether oxygens (including phenoxy) is 1. The first-order valence-corrected chi connectivity index (χ1v) is 16.0. The van der Waals surface area contributed by atoms with Crippen LogP contribution in [0.15, 0.2) is 41.1 Å². The number of hydrogen-bond donors (Lipinski definition) is 6. The summed E-state index contributed by atoms with van der Waals surface area (Å²) in [6, 6.07) is 2.48. The molecule has 2 aromatic heterocycles. The molecule has 1 aromatic carbocycles. The first kappa shape index (κ1) is 36.1. The number of carbonyl (C=O) groups excluding carboxylic acids is 2. The van der Waals surface area contributed by atoms with Gasteiger partial charge in [0.05, 0.1) is 23.4 Å². The number of nitrogen functional groups attached to an aromatic ring is 1. The fraction of sp³-hybridized carbons (Fsp3) is 0.385. The fourth-order valence-electron chi connectivity index (χ4n) is 4.45. The molecule has 0 bridgehead atoms. The Morgan fingerprint density at radius 2 is 2.04 bits per heavy atom. The summed E-state index contributed by atoms with van der Waals surface area (Å²) < 4.78 is 59.2. The minimum atomic E-state index is -5.05. The quantitative estimate of drug-likeness (QED) is 0.0346. The number of benzene rings is 1. The number of carboxylic acids is 1. The van der Waals surface area contributed by atoms with E-state index in [9.17, 15) is 33.0 Å². The second kappa shape index (κ2) is 14.2. The number of carboxylic acid groups (broad SMARTS) is 1. The van der Waals surface area contributed by atoms with E-state index in [0.717, 1.165) is 17.4 Å². The maximum absolute atomic E-state index is 15.1. The summed E-state index contributed by atoms with van der Waals surface area (Å²) in [6.45, 7) is 2.21. The Kier molecular flexibility index (Phi) is 10.7. The highest BCUT2D eigenvalue weighted by atomic mass is 32.3. The lowest BCUT2D eigenvalue weighted by atomic mass is 9.84. The molecule has 3 aromatic rings. The molecule has 1 saturated heterocycles. The highest BCUT2D eigenvalue weighted by Crippen LogP contribution is 2.33. The second-order valence-corrected chi connectivity index (χ2v) is 12.8. The first-order valence-electron chi connectivity index (χ1n) is 13.8. The van der Waals surface area contributed by atoms with Crippen molar-refractivity contribution < 1.29 is 60.5 Å². The van der Waals surface area contributed by atoms with Crippen LogP contribution in [0, 0.1) is 5.82 Å². The van der Waals surface area contributed by atoms with Crippen LogP contribution in [0.5, 0.6) is 5.75 Å². The van der Waals surface area contributed by atoms with E-state index in [1.807, 2.05) is 0 Å². The zero-order valence-electron chi connectivity index (χ0n) is 25.5. The number of hydrogen-bond acceptors (Lipinski definition) is 14. The second-order valence-electron chi connectivity index (χ2n) is 10.9. The number of hydroxylamine groups is 2. The predicted molar refractivity (Wildman–Crippen MR) is 163 cm³/mol. The van der Waals surface area contributed by atoms with E-state index in [4.69, 9.17) is 25.6 Å². The van der Waals surface area contributed by atoms with Crippen LogP contribution in [0.2, 0.25) is 0 Å². The predicted octanol–water partition coefficient (Wildman–Crippen LogP) is -1.43. The van der Waals surface area contributed by atoms with Crippen molar-refractivity contribution in [1.29, 1.82) is 0 Å². The van der Waals surface area contributed by atoms with E-state index in [-0.39, 0.29) is 35.2 Å². The van der Waals surface area contributed by atoms with E-state index in [2.05, 4.69) is 19.7 Å². The molecular formula is C26H32FN8O11S2+. The van der Waals surface area contributed by atoms with Gasteiger partial charge in [0, 0.05) is 23.6 Å². The maximum atomic E-state index is 15.1. The van der Waals surface area contributed by atoms with Crippen molar-refractivity contribution in [1.82, 2.24) is 20.0 Å². The smallest absolute Gasteiger partial charge is 0.418 e. The molecule has 0 saturated carbocycles. The normalized spacial score (nSPS) is 17.4. The van der Waals surface area contributed by atoms with Crippen LogP contribution in [0.1, 0.15) is 19.5 Å². The van der Waals surface area contributed by atoms with Gasteiger partial charge in [0.15, 0.2) is 17.9 Å². The van der Waals surface area contributed by atoms with E-state index >= 15 is 4.39 Å². The van der Waals surface area contributed by atoms with Gasteiger partial charge in [-0.3, -0.25) is 14.1 Å². The summed E-state index contributed by atoms with van der Waals surface area (Å²) in [5.74, 6) is -4.42. The van der Waals surface area contributed by atoms with Crippen molar-refractivity contribution >= 4 is 50.4 Å². The van der Waals surface area contributed by atoms with Crippen LogP contribution < -0.4 is 26.2 Å². The maximum Gasteiger partial charge on any atom is 0.418 e. The van der Waals surface area contributed by atoms with Gasteiger partial charge in [0.1, 0.15) is 36.5 Å². The van der Waals surface area contributed by atoms with Crippen LogP contribution >= 0.6 is 11.3 Å². The number of nitrogens with two attached hydrogens (primary N) is 2. The van der Waals surface area contributed by atoms with Gasteiger partial charge in [-0.15, -0.1) is 20.3 Å². The van der Waals surface area contributed by atoms with Gasteiger partial charge in [-0.05, 0) is 26.0 Å². The number of aliphatic hydroxyl groups is 1. The molecule has 8 N–H and O–H groups in total. The molecule has 1 fully saturated rings. The van der Waals surface area contributed by atoms with E-state index in [0.29, 0.717) is 10.6 Å². The average Bonchev–Trinajstić information content (AvgIpc) is 3.59. The largest absolute Gasteiger partial charge is 0.489 e. The lowest BCUT2D eigenvalue weighted by Crippen LogP contribution is -2.76. The molecule has 0 aliphatic carbocycles. The van der Waals surface area contributed by atoms with E-state index in [1.54, 1.807) is 28.8 Å². The zero-order valence-corrected chi connectivity index (χ0v) is 27.1. The topological polar surface area (TPSA) is 275 Å². The number of aryl methyl sites for hydroxylation is 1. The monoisotopic (exact) mass is 715 g/mol. The average molecular weight is 716 g/mol. The van der Waals surface area contributed by atoms with Gasteiger partial charge in [0.25, 0.3) is 17.9 Å². The van der Waals surface area contributed by atoms with E-state index in [1.165, 1.54) is 31.4 Å². The molecule has 4 rings (SSSR count). The summed E-state index contributed by atoms with van der Waals surface area (Å²) in [6.07, 6.45) is 0.646. The number of amides is 2. The van der Waals surface area contributed by atoms with Crippen molar-refractivity contribution in [3.63, 3.8) is 0 Å². The Hall–Kier alpha value is -4.74. The van der Waals surface area contributed by atoms with Gasteiger partial charge in [-0.2, -0.15) is 18.2 Å².